The maximum atomic E-state index is 13.0. The molecule has 34 heavy (non-hydrogen) atoms. The number of nitrogens with two attached hydrogens (primary N) is 1. The maximum Gasteiger partial charge on any atom is 0.250 e. The summed E-state index contributed by atoms with van der Waals surface area (Å²) in [6, 6.07) is 21.7. The van der Waals surface area contributed by atoms with Crippen molar-refractivity contribution in [3.63, 3.8) is 0 Å². The third-order valence-corrected chi connectivity index (χ3v) is 6.19. The standard InChI is InChI=1S/C26H24Cl2N2O4/c27-19-9-12-21(22(28)15-19)23-26(25(29)32,16-17-5-2-1-3-6-17)30-24(34-23)18-7-10-20(11-8-18)33-14-4-13-31/h1-3,5-12,15,23,31H,4,13-14,16H2,(H2,29,32)/t23-,26-/m1/s1. The average Bonchev–Trinajstić information content (AvgIpc) is 3.21. The van der Waals surface area contributed by atoms with E-state index in [9.17, 15) is 4.79 Å². The van der Waals surface area contributed by atoms with Gasteiger partial charge in [0.05, 0.1) is 6.61 Å². The second kappa shape index (κ2) is 10.5. The van der Waals surface area contributed by atoms with Crippen LogP contribution in [0.15, 0.2) is 77.8 Å². The molecule has 3 N–H and O–H groups in total. The maximum absolute atomic E-state index is 13.0. The van der Waals surface area contributed by atoms with Crippen LogP contribution in [0, 0.1) is 0 Å². The first-order valence-electron chi connectivity index (χ1n) is 10.8. The van der Waals surface area contributed by atoms with E-state index in [1.54, 1.807) is 42.5 Å². The average molecular weight is 499 g/mol. The fourth-order valence-corrected chi connectivity index (χ4v) is 4.41. The van der Waals surface area contributed by atoms with Crippen LogP contribution in [0.5, 0.6) is 5.75 Å². The van der Waals surface area contributed by atoms with Crippen molar-refractivity contribution in [2.24, 2.45) is 10.7 Å². The zero-order chi connectivity index (χ0) is 24.1. The summed E-state index contributed by atoms with van der Waals surface area (Å²) < 4.78 is 11.9. The summed E-state index contributed by atoms with van der Waals surface area (Å²) in [5.41, 5.74) is 6.70. The molecule has 0 aliphatic carbocycles. The second-order valence-corrected chi connectivity index (χ2v) is 8.83. The number of benzene rings is 3. The summed E-state index contributed by atoms with van der Waals surface area (Å²) in [4.78, 5) is 17.8. The van der Waals surface area contributed by atoms with Crippen LogP contribution in [-0.2, 0) is 16.0 Å². The van der Waals surface area contributed by atoms with Crippen LogP contribution in [-0.4, -0.2) is 35.7 Å². The highest BCUT2D eigenvalue weighted by Gasteiger charge is 2.52. The van der Waals surface area contributed by atoms with E-state index in [0.29, 0.717) is 39.9 Å². The minimum Gasteiger partial charge on any atom is -0.494 e. The number of aliphatic hydroxyl groups excluding tert-OH is 1. The van der Waals surface area contributed by atoms with Crippen molar-refractivity contribution < 1.29 is 19.4 Å². The summed E-state index contributed by atoms with van der Waals surface area (Å²) in [6.45, 7) is 0.473. The van der Waals surface area contributed by atoms with Crippen LogP contribution in [0.4, 0.5) is 0 Å². The molecule has 6 nitrogen and oxygen atoms in total. The number of carbonyl (C=O) groups excluding carboxylic acids is 1. The van der Waals surface area contributed by atoms with Crippen molar-refractivity contribution in [1.82, 2.24) is 0 Å². The third kappa shape index (κ3) is 5.04. The Bertz CT molecular complexity index is 1190. The third-order valence-electron chi connectivity index (χ3n) is 5.62. The molecule has 0 saturated heterocycles. The van der Waals surface area contributed by atoms with Gasteiger partial charge in [-0.15, -0.1) is 0 Å². The Morgan fingerprint density at radius 2 is 1.82 bits per heavy atom. The van der Waals surface area contributed by atoms with Gasteiger partial charge >= 0.3 is 0 Å². The van der Waals surface area contributed by atoms with Gasteiger partial charge in [0.15, 0.2) is 11.6 Å². The molecular weight excluding hydrogens is 475 g/mol. The molecule has 0 saturated carbocycles. The van der Waals surface area contributed by atoms with Crippen LogP contribution in [0.2, 0.25) is 10.0 Å². The molecule has 2 atom stereocenters. The number of amides is 1. The minimum atomic E-state index is -1.41. The van der Waals surface area contributed by atoms with Gasteiger partial charge in [0.2, 0.25) is 11.8 Å². The summed E-state index contributed by atoms with van der Waals surface area (Å²) in [5.74, 6) is 0.317. The van der Waals surface area contributed by atoms with Crippen LogP contribution in [0.1, 0.15) is 29.2 Å². The van der Waals surface area contributed by atoms with Gasteiger partial charge in [-0.05, 0) is 42.0 Å². The first-order valence-corrected chi connectivity index (χ1v) is 11.6. The highest BCUT2D eigenvalue weighted by molar-refractivity contribution is 6.35. The van der Waals surface area contributed by atoms with E-state index < -0.39 is 17.6 Å². The Labute approximate surface area is 207 Å². The molecule has 0 bridgehead atoms. The van der Waals surface area contributed by atoms with Gasteiger partial charge < -0.3 is 20.3 Å². The molecule has 0 aromatic heterocycles. The molecule has 0 spiro atoms. The van der Waals surface area contributed by atoms with E-state index in [2.05, 4.69) is 0 Å². The first-order chi connectivity index (χ1) is 16.4. The van der Waals surface area contributed by atoms with Crippen molar-refractivity contribution in [3.05, 3.63) is 99.5 Å². The van der Waals surface area contributed by atoms with E-state index in [4.69, 9.17) is 48.5 Å². The Morgan fingerprint density at radius 3 is 2.47 bits per heavy atom. The topological polar surface area (TPSA) is 94.1 Å². The number of aliphatic hydroxyl groups is 1. The molecule has 176 valence electrons. The molecule has 1 heterocycles. The molecule has 3 aromatic rings. The zero-order valence-corrected chi connectivity index (χ0v) is 19.8. The number of primary amides is 1. The summed E-state index contributed by atoms with van der Waals surface area (Å²) in [7, 11) is 0. The van der Waals surface area contributed by atoms with Crippen molar-refractivity contribution in [1.29, 1.82) is 0 Å². The Morgan fingerprint density at radius 1 is 1.09 bits per heavy atom. The molecule has 0 unspecified atom stereocenters. The van der Waals surface area contributed by atoms with E-state index in [1.807, 2.05) is 30.3 Å². The number of carbonyl (C=O) groups is 1. The molecule has 1 aliphatic heterocycles. The lowest BCUT2D eigenvalue weighted by atomic mass is 9.82. The number of halogens is 2. The van der Waals surface area contributed by atoms with Gasteiger partial charge in [0, 0.05) is 40.6 Å². The van der Waals surface area contributed by atoms with Crippen LogP contribution in [0.3, 0.4) is 0 Å². The zero-order valence-electron chi connectivity index (χ0n) is 18.3. The minimum absolute atomic E-state index is 0.0635. The molecular formula is C26H24Cl2N2O4. The van der Waals surface area contributed by atoms with E-state index in [-0.39, 0.29) is 18.9 Å². The van der Waals surface area contributed by atoms with Gasteiger partial charge in [-0.3, -0.25) is 4.79 Å². The van der Waals surface area contributed by atoms with Crippen LogP contribution in [0.25, 0.3) is 0 Å². The molecule has 0 radical (unpaired) electrons. The first kappa shape index (κ1) is 24.1. The monoisotopic (exact) mass is 498 g/mol. The normalized spacial score (nSPS) is 19.4. The van der Waals surface area contributed by atoms with Crippen molar-refractivity contribution in [2.75, 3.05) is 13.2 Å². The molecule has 1 amide bonds. The number of nitrogens with zero attached hydrogens (tertiary/aromatic N) is 1. The summed E-state index contributed by atoms with van der Waals surface area (Å²) in [6.07, 6.45) is -0.0640. The lowest BCUT2D eigenvalue weighted by Crippen LogP contribution is -2.47. The lowest BCUT2D eigenvalue weighted by Gasteiger charge is -2.29. The van der Waals surface area contributed by atoms with Crippen LogP contribution >= 0.6 is 23.2 Å². The Hall–Kier alpha value is -3.06. The van der Waals surface area contributed by atoms with Crippen molar-refractivity contribution >= 4 is 35.0 Å². The SMILES string of the molecule is NC(=O)[C@]1(Cc2ccccc2)N=C(c2ccc(OCCCO)cc2)O[C@@H]1c1ccc(Cl)cc1Cl. The number of rotatable bonds is 9. The van der Waals surface area contributed by atoms with E-state index in [0.717, 1.165) is 5.56 Å². The van der Waals surface area contributed by atoms with Gasteiger partial charge in [0.25, 0.3) is 0 Å². The van der Waals surface area contributed by atoms with Crippen LogP contribution < -0.4 is 10.5 Å². The fraction of sp³-hybridized carbons (Fsp3) is 0.231. The van der Waals surface area contributed by atoms with Gasteiger partial charge in [-0.25, -0.2) is 4.99 Å². The predicted octanol–water partition coefficient (Wildman–Crippen LogP) is 4.74. The van der Waals surface area contributed by atoms with Gasteiger partial charge in [0.1, 0.15) is 5.75 Å². The lowest BCUT2D eigenvalue weighted by molar-refractivity contribution is -0.125. The van der Waals surface area contributed by atoms with Crippen molar-refractivity contribution in [3.8, 4) is 5.75 Å². The highest BCUT2D eigenvalue weighted by atomic mass is 35.5. The van der Waals surface area contributed by atoms with E-state index >= 15 is 0 Å². The molecule has 4 rings (SSSR count). The summed E-state index contributed by atoms with van der Waals surface area (Å²) >= 11 is 12.6. The van der Waals surface area contributed by atoms with E-state index in [1.165, 1.54) is 0 Å². The number of ether oxygens (including phenoxy) is 2. The quantitative estimate of drug-likeness (QED) is 0.416. The summed E-state index contributed by atoms with van der Waals surface area (Å²) in [5, 5.41) is 9.75. The smallest absolute Gasteiger partial charge is 0.250 e. The Balaban J connectivity index is 1.74. The van der Waals surface area contributed by atoms with Crippen molar-refractivity contribution in [2.45, 2.75) is 24.5 Å². The fourth-order valence-electron chi connectivity index (χ4n) is 3.90. The highest BCUT2D eigenvalue weighted by Crippen LogP contribution is 2.44. The Kier molecular flexibility index (Phi) is 7.41. The number of hydrogen-bond donors (Lipinski definition) is 2. The molecule has 3 aromatic carbocycles. The largest absolute Gasteiger partial charge is 0.494 e. The van der Waals surface area contributed by atoms with Gasteiger partial charge in [-0.2, -0.15) is 0 Å². The second-order valence-electron chi connectivity index (χ2n) is 7.98. The number of aliphatic imine (C=N–C) groups is 1. The molecule has 0 fully saturated rings. The van der Waals surface area contributed by atoms with Gasteiger partial charge in [-0.1, -0.05) is 59.6 Å². The molecule has 1 aliphatic rings. The molecule has 8 heteroatoms. The number of hydrogen-bond acceptors (Lipinski definition) is 5. The predicted molar refractivity (Wildman–Crippen MR) is 133 cm³/mol.